The molecule has 4 N–H and O–H groups in total. The van der Waals surface area contributed by atoms with E-state index in [2.05, 4.69) is 24.8 Å². The molecule has 226 valence electrons. The maximum absolute atomic E-state index is 13.2. The third-order valence-electron chi connectivity index (χ3n) is 6.76. The Morgan fingerprint density at radius 2 is 1.62 bits per heavy atom. The van der Waals surface area contributed by atoms with Gasteiger partial charge in [0, 0.05) is 30.6 Å². The molecule has 0 amide bonds. The van der Waals surface area contributed by atoms with Gasteiger partial charge in [-0.15, -0.1) is 0 Å². The molecule has 42 heavy (non-hydrogen) atoms. The van der Waals surface area contributed by atoms with E-state index in [9.17, 15) is 14.4 Å². The Morgan fingerprint density at radius 3 is 2.29 bits per heavy atom. The van der Waals surface area contributed by atoms with Crippen molar-refractivity contribution in [1.29, 1.82) is 0 Å². The number of nitrogen functional groups attached to an aromatic ring is 2. The summed E-state index contributed by atoms with van der Waals surface area (Å²) >= 11 is 0. The highest BCUT2D eigenvalue weighted by molar-refractivity contribution is 5.98. The molecule has 12 nitrogen and oxygen atoms in total. The van der Waals surface area contributed by atoms with Gasteiger partial charge in [-0.2, -0.15) is 9.97 Å². The zero-order valence-corrected chi connectivity index (χ0v) is 24.7. The molecule has 12 heteroatoms. The van der Waals surface area contributed by atoms with Crippen LogP contribution in [0.2, 0.25) is 0 Å². The number of esters is 2. The Balaban J connectivity index is 1.67. The van der Waals surface area contributed by atoms with Crippen LogP contribution < -0.4 is 16.4 Å². The third kappa shape index (κ3) is 9.35. The molecule has 0 bridgehead atoms. The number of unbranched alkanes of at least 4 members (excludes halogenated alkanes) is 2. The SMILES string of the molecule is CCCCOC(=O)CCC(CC(=O)c1ccc(N(CC)Cc2cnc3nc(N)nc(N)c3n2)cc1)C(=O)OCCCC. The van der Waals surface area contributed by atoms with Crippen molar-refractivity contribution in [3.63, 3.8) is 0 Å². The van der Waals surface area contributed by atoms with Crippen LogP contribution in [0.3, 0.4) is 0 Å². The molecule has 2 aromatic heterocycles. The van der Waals surface area contributed by atoms with Crippen molar-refractivity contribution < 1.29 is 23.9 Å². The van der Waals surface area contributed by atoms with Crippen molar-refractivity contribution in [2.45, 2.75) is 72.3 Å². The highest BCUT2D eigenvalue weighted by Crippen LogP contribution is 2.22. The number of carbonyl (C=O) groups excluding carboxylic acids is 3. The van der Waals surface area contributed by atoms with Gasteiger partial charge in [0.1, 0.15) is 0 Å². The van der Waals surface area contributed by atoms with Gasteiger partial charge >= 0.3 is 11.9 Å². The molecule has 0 radical (unpaired) electrons. The Kier molecular flexibility index (Phi) is 12.4. The van der Waals surface area contributed by atoms with Crippen LogP contribution >= 0.6 is 0 Å². The summed E-state index contributed by atoms with van der Waals surface area (Å²) < 4.78 is 10.6. The first-order valence-corrected chi connectivity index (χ1v) is 14.5. The molecular formula is C30H41N7O5. The number of ether oxygens (including phenoxy) is 2. The maximum atomic E-state index is 13.2. The summed E-state index contributed by atoms with van der Waals surface area (Å²) in [5, 5.41) is 0. The number of ketones is 1. The van der Waals surface area contributed by atoms with E-state index in [-0.39, 0.29) is 49.4 Å². The Bertz CT molecular complexity index is 1350. The van der Waals surface area contributed by atoms with Gasteiger partial charge in [0.05, 0.1) is 37.6 Å². The summed E-state index contributed by atoms with van der Waals surface area (Å²) in [7, 11) is 0. The number of benzene rings is 1. The fraction of sp³-hybridized carbons (Fsp3) is 0.500. The van der Waals surface area contributed by atoms with Gasteiger partial charge in [-0.3, -0.25) is 14.4 Å². The van der Waals surface area contributed by atoms with Crippen LogP contribution in [0.5, 0.6) is 0 Å². The summed E-state index contributed by atoms with van der Waals surface area (Å²) in [5.41, 5.74) is 14.3. The lowest BCUT2D eigenvalue weighted by Crippen LogP contribution is -2.24. The molecule has 0 aliphatic carbocycles. The largest absolute Gasteiger partial charge is 0.466 e. The monoisotopic (exact) mass is 579 g/mol. The Morgan fingerprint density at radius 1 is 0.929 bits per heavy atom. The van der Waals surface area contributed by atoms with Gasteiger partial charge in [-0.25, -0.2) is 9.97 Å². The molecule has 0 aliphatic rings. The number of hydrogen-bond acceptors (Lipinski definition) is 12. The fourth-order valence-corrected chi connectivity index (χ4v) is 4.27. The number of anilines is 3. The first-order valence-electron chi connectivity index (χ1n) is 14.5. The summed E-state index contributed by atoms with van der Waals surface area (Å²) in [4.78, 5) is 57.0. The molecule has 0 aliphatic heterocycles. The van der Waals surface area contributed by atoms with Crippen molar-refractivity contribution in [2.24, 2.45) is 5.92 Å². The molecule has 1 unspecified atom stereocenters. The zero-order chi connectivity index (χ0) is 30.5. The average molecular weight is 580 g/mol. The van der Waals surface area contributed by atoms with Gasteiger partial charge < -0.3 is 25.8 Å². The van der Waals surface area contributed by atoms with Crippen molar-refractivity contribution in [3.8, 4) is 0 Å². The lowest BCUT2D eigenvalue weighted by Gasteiger charge is -2.23. The van der Waals surface area contributed by atoms with Gasteiger partial charge in [0.15, 0.2) is 22.8 Å². The van der Waals surface area contributed by atoms with Crippen molar-refractivity contribution in [2.75, 3.05) is 36.1 Å². The van der Waals surface area contributed by atoms with Crippen LogP contribution in [-0.4, -0.2) is 57.4 Å². The van der Waals surface area contributed by atoms with Crippen LogP contribution in [0.4, 0.5) is 17.5 Å². The van der Waals surface area contributed by atoms with E-state index in [1.54, 1.807) is 18.3 Å². The predicted molar refractivity (Wildman–Crippen MR) is 161 cm³/mol. The molecule has 0 spiro atoms. The van der Waals surface area contributed by atoms with Crippen LogP contribution in [0.25, 0.3) is 11.2 Å². The number of aromatic nitrogens is 4. The first kappa shape index (κ1) is 32.2. The van der Waals surface area contributed by atoms with Crippen molar-refractivity contribution in [1.82, 2.24) is 19.9 Å². The second-order valence-electron chi connectivity index (χ2n) is 10.0. The topological polar surface area (TPSA) is 177 Å². The highest BCUT2D eigenvalue weighted by atomic mass is 16.5. The number of nitrogens with two attached hydrogens (primary N) is 2. The quantitative estimate of drug-likeness (QED) is 0.132. The molecule has 0 saturated carbocycles. The van der Waals surface area contributed by atoms with E-state index in [0.29, 0.717) is 42.1 Å². The minimum Gasteiger partial charge on any atom is -0.466 e. The summed E-state index contributed by atoms with van der Waals surface area (Å²) in [6.07, 6.45) is 5.14. The fourth-order valence-electron chi connectivity index (χ4n) is 4.27. The lowest BCUT2D eigenvalue weighted by molar-refractivity contribution is -0.150. The molecule has 3 aromatic rings. The van der Waals surface area contributed by atoms with Gasteiger partial charge in [-0.1, -0.05) is 26.7 Å². The third-order valence-corrected chi connectivity index (χ3v) is 6.76. The summed E-state index contributed by atoms with van der Waals surface area (Å²) in [6, 6.07) is 7.17. The smallest absolute Gasteiger partial charge is 0.309 e. The maximum Gasteiger partial charge on any atom is 0.309 e. The molecule has 1 aromatic carbocycles. The number of Topliss-reactive ketones (excluding diaryl/α,β-unsaturated/α-hetero) is 1. The Labute approximate surface area is 246 Å². The molecule has 2 heterocycles. The first-order chi connectivity index (χ1) is 20.2. The van der Waals surface area contributed by atoms with Crippen LogP contribution in [0.15, 0.2) is 30.5 Å². The van der Waals surface area contributed by atoms with Gasteiger partial charge in [0.2, 0.25) is 5.95 Å². The minimum atomic E-state index is -0.724. The van der Waals surface area contributed by atoms with E-state index in [4.69, 9.17) is 20.9 Å². The molecule has 0 saturated heterocycles. The highest BCUT2D eigenvalue weighted by Gasteiger charge is 2.25. The van der Waals surface area contributed by atoms with E-state index in [1.165, 1.54) is 0 Å². The summed E-state index contributed by atoms with van der Waals surface area (Å²) in [6.45, 7) is 7.77. The van der Waals surface area contributed by atoms with E-state index < -0.39 is 11.9 Å². The summed E-state index contributed by atoms with van der Waals surface area (Å²) in [5.74, 6) is -1.55. The molecule has 0 fully saturated rings. The van der Waals surface area contributed by atoms with Crippen LogP contribution in [-0.2, 0) is 25.6 Å². The number of rotatable bonds is 17. The number of nitrogens with zero attached hydrogens (tertiary/aromatic N) is 5. The minimum absolute atomic E-state index is 0.0384. The molecule has 3 rings (SSSR count). The van der Waals surface area contributed by atoms with E-state index >= 15 is 0 Å². The standard InChI is InChI=1S/C30H41N7O5/c1-4-7-15-41-25(39)14-11-21(29(40)42-16-8-5-2)17-24(38)20-9-12-23(13-10-20)37(6-3)19-22-18-33-28-26(34-22)27(31)35-30(32)36-28/h9-10,12-13,18,21H,4-8,11,14-17,19H2,1-3H3,(H4,31,32,33,35,36). The number of hydrogen-bond donors (Lipinski definition) is 2. The van der Waals surface area contributed by atoms with Crippen molar-refractivity contribution >= 4 is 46.3 Å². The zero-order valence-electron chi connectivity index (χ0n) is 24.7. The average Bonchev–Trinajstić information content (AvgIpc) is 2.98. The van der Waals surface area contributed by atoms with Crippen LogP contribution in [0.1, 0.15) is 81.8 Å². The normalized spacial score (nSPS) is 11.7. The van der Waals surface area contributed by atoms with E-state index in [1.807, 2.05) is 32.9 Å². The Hall–Kier alpha value is -4.35. The number of fused-ring (bicyclic) bond motifs is 1. The van der Waals surface area contributed by atoms with Crippen LogP contribution in [0, 0.1) is 5.92 Å². The lowest BCUT2D eigenvalue weighted by atomic mass is 9.94. The predicted octanol–water partition coefficient (Wildman–Crippen LogP) is 4.27. The van der Waals surface area contributed by atoms with Gasteiger partial charge in [-0.05, 0) is 50.5 Å². The molecular weight excluding hydrogens is 538 g/mol. The van der Waals surface area contributed by atoms with Gasteiger partial charge in [0.25, 0.3) is 0 Å². The second-order valence-corrected chi connectivity index (χ2v) is 10.0. The van der Waals surface area contributed by atoms with Crippen molar-refractivity contribution in [3.05, 3.63) is 41.7 Å². The second kappa shape index (κ2) is 16.2. The molecule has 1 atom stereocenters. The van der Waals surface area contributed by atoms with E-state index in [0.717, 1.165) is 31.4 Å². The number of carbonyl (C=O) groups is 3.